The molecule has 1 rings (SSSR count). The average Bonchev–Trinajstić information content (AvgIpc) is 2.34. The molecule has 0 aromatic heterocycles. The maximum atomic E-state index is 9.27. The molecule has 3 N–H and O–H groups in total. The van der Waals surface area contributed by atoms with Gasteiger partial charge in [0.2, 0.25) is 0 Å². The number of hydrogen-bond donors (Lipinski definition) is 3. The van der Waals surface area contributed by atoms with Crippen LogP contribution in [-0.4, -0.2) is 35.6 Å². The fourth-order valence-electron chi connectivity index (χ4n) is 1.38. The summed E-state index contributed by atoms with van der Waals surface area (Å²) in [7, 11) is 0. The summed E-state index contributed by atoms with van der Waals surface area (Å²) >= 11 is 5.95. The summed E-state index contributed by atoms with van der Waals surface area (Å²) in [5.74, 6) is 0.667. The van der Waals surface area contributed by atoms with Crippen LogP contribution in [0.2, 0.25) is 5.02 Å². The minimum atomic E-state index is -0.869. The lowest BCUT2D eigenvalue weighted by Gasteiger charge is -2.15. The molecule has 4 nitrogen and oxygen atoms in total. The Morgan fingerprint density at radius 3 is 2.72 bits per heavy atom. The first-order chi connectivity index (χ1) is 8.52. The number of aliphatic hydroxyl groups excluding tert-OH is 2. The third kappa shape index (κ3) is 5.23. The molecule has 1 atom stereocenters. The highest BCUT2D eigenvalue weighted by atomic mass is 35.5. The lowest BCUT2D eigenvalue weighted by atomic mass is 10.2. The monoisotopic (exact) mass is 273 g/mol. The number of hydrogen-bond acceptors (Lipinski definition) is 4. The Kier molecular flexibility index (Phi) is 6.43. The van der Waals surface area contributed by atoms with Gasteiger partial charge in [0.15, 0.2) is 0 Å². The zero-order valence-corrected chi connectivity index (χ0v) is 11.4. The van der Waals surface area contributed by atoms with Gasteiger partial charge in [0, 0.05) is 23.2 Å². The van der Waals surface area contributed by atoms with E-state index in [-0.39, 0.29) is 13.2 Å². The molecule has 1 unspecified atom stereocenters. The Balaban J connectivity index is 2.69. The fraction of sp³-hybridized carbons (Fsp3) is 0.538. The molecule has 0 saturated carbocycles. The SMILES string of the molecule is CC(C)NCc1cc(Cl)ccc1OCC(O)CO. The number of halogens is 1. The lowest BCUT2D eigenvalue weighted by Crippen LogP contribution is -2.24. The molecule has 5 heteroatoms. The minimum Gasteiger partial charge on any atom is -0.490 e. The molecule has 102 valence electrons. The summed E-state index contributed by atoms with van der Waals surface area (Å²) in [6.45, 7) is 4.50. The zero-order chi connectivity index (χ0) is 13.5. The number of benzene rings is 1. The molecule has 0 heterocycles. The number of ether oxygens (including phenoxy) is 1. The highest BCUT2D eigenvalue weighted by Crippen LogP contribution is 2.23. The maximum absolute atomic E-state index is 9.27. The summed E-state index contributed by atoms with van der Waals surface area (Å²) in [6, 6.07) is 5.70. The van der Waals surface area contributed by atoms with Crippen LogP contribution in [0.1, 0.15) is 19.4 Å². The normalized spacial score (nSPS) is 12.8. The van der Waals surface area contributed by atoms with Crippen LogP contribution in [0.4, 0.5) is 0 Å². The van der Waals surface area contributed by atoms with Gasteiger partial charge in [0.25, 0.3) is 0 Å². The summed E-state index contributed by atoms with van der Waals surface area (Å²) in [6.07, 6.45) is -0.869. The van der Waals surface area contributed by atoms with Gasteiger partial charge in [-0.1, -0.05) is 25.4 Å². The van der Waals surface area contributed by atoms with Crippen molar-refractivity contribution in [3.05, 3.63) is 28.8 Å². The van der Waals surface area contributed by atoms with Crippen LogP contribution in [0.15, 0.2) is 18.2 Å². The number of aliphatic hydroxyl groups is 2. The molecule has 0 aliphatic heterocycles. The molecule has 1 aromatic carbocycles. The van der Waals surface area contributed by atoms with Gasteiger partial charge >= 0.3 is 0 Å². The van der Waals surface area contributed by atoms with Crippen LogP contribution in [-0.2, 0) is 6.54 Å². The van der Waals surface area contributed by atoms with E-state index in [1.54, 1.807) is 12.1 Å². The summed E-state index contributed by atoms with van der Waals surface area (Å²) < 4.78 is 5.47. The smallest absolute Gasteiger partial charge is 0.124 e. The summed E-state index contributed by atoms with van der Waals surface area (Å²) in [4.78, 5) is 0. The van der Waals surface area contributed by atoms with E-state index in [0.717, 1.165) is 5.56 Å². The van der Waals surface area contributed by atoms with E-state index in [9.17, 15) is 5.11 Å². The lowest BCUT2D eigenvalue weighted by molar-refractivity contribution is 0.0532. The van der Waals surface area contributed by atoms with Gasteiger partial charge in [-0.25, -0.2) is 0 Å². The predicted molar refractivity (Wildman–Crippen MR) is 72.0 cm³/mol. The van der Waals surface area contributed by atoms with Crippen molar-refractivity contribution in [3.63, 3.8) is 0 Å². The molecule has 18 heavy (non-hydrogen) atoms. The van der Waals surface area contributed by atoms with Gasteiger partial charge in [0.1, 0.15) is 18.5 Å². The van der Waals surface area contributed by atoms with Crippen molar-refractivity contribution in [3.8, 4) is 5.75 Å². The van der Waals surface area contributed by atoms with Crippen LogP contribution in [0, 0.1) is 0 Å². The first-order valence-electron chi connectivity index (χ1n) is 5.96. The topological polar surface area (TPSA) is 61.7 Å². The number of nitrogens with one attached hydrogen (secondary N) is 1. The molecule has 0 radical (unpaired) electrons. The Morgan fingerprint density at radius 2 is 2.11 bits per heavy atom. The second-order valence-electron chi connectivity index (χ2n) is 4.44. The van der Waals surface area contributed by atoms with Gasteiger partial charge in [0.05, 0.1) is 6.61 Å². The third-order valence-electron chi connectivity index (χ3n) is 2.37. The van der Waals surface area contributed by atoms with Gasteiger partial charge in [-0.15, -0.1) is 0 Å². The van der Waals surface area contributed by atoms with E-state index >= 15 is 0 Å². The molecular formula is C13H20ClNO3. The Hall–Kier alpha value is -0.810. The summed E-state index contributed by atoms with van der Waals surface area (Å²) in [5, 5.41) is 21.9. The van der Waals surface area contributed by atoms with Gasteiger partial charge in [-0.3, -0.25) is 0 Å². The zero-order valence-electron chi connectivity index (χ0n) is 10.7. The largest absolute Gasteiger partial charge is 0.490 e. The van der Waals surface area contributed by atoms with E-state index in [1.165, 1.54) is 0 Å². The van der Waals surface area contributed by atoms with E-state index in [2.05, 4.69) is 19.2 Å². The second-order valence-corrected chi connectivity index (χ2v) is 4.87. The third-order valence-corrected chi connectivity index (χ3v) is 2.60. The van der Waals surface area contributed by atoms with Crippen molar-refractivity contribution in [2.75, 3.05) is 13.2 Å². The Bertz CT molecular complexity index is 371. The molecule has 1 aromatic rings. The molecule has 0 saturated heterocycles. The molecule has 0 spiro atoms. The molecule has 0 aliphatic rings. The van der Waals surface area contributed by atoms with Crippen LogP contribution in [0.25, 0.3) is 0 Å². The molecule has 0 fully saturated rings. The van der Waals surface area contributed by atoms with Crippen molar-refractivity contribution in [1.82, 2.24) is 5.32 Å². The number of rotatable bonds is 7. The average molecular weight is 274 g/mol. The molecule has 0 bridgehead atoms. The Labute approximate surface area is 113 Å². The fourth-order valence-corrected chi connectivity index (χ4v) is 1.57. The van der Waals surface area contributed by atoms with Crippen LogP contribution < -0.4 is 10.1 Å². The Morgan fingerprint density at radius 1 is 1.39 bits per heavy atom. The van der Waals surface area contributed by atoms with Crippen LogP contribution in [0.5, 0.6) is 5.75 Å². The van der Waals surface area contributed by atoms with Gasteiger partial charge in [-0.2, -0.15) is 0 Å². The van der Waals surface area contributed by atoms with Crippen molar-refractivity contribution in [2.45, 2.75) is 32.5 Å². The van der Waals surface area contributed by atoms with Gasteiger partial charge < -0.3 is 20.3 Å². The first kappa shape index (κ1) is 15.2. The minimum absolute atomic E-state index is 0.0623. The van der Waals surface area contributed by atoms with E-state index in [0.29, 0.717) is 23.4 Å². The molecule has 0 aliphatic carbocycles. The van der Waals surface area contributed by atoms with Crippen molar-refractivity contribution in [1.29, 1.82) is 0 Å². The maximum Gasteiger partial charge on any atom is 0.124 e. The quantitative estimate of drug-likeness (QED) is 0.706. The van der Waals surface area contributed by atoms with E-state index in [1.807, 2.05) is 6.07 Å². The van der Waals surface area contributed by atoms with Crippen LogP contribution in [0.3, 0.4) is 0 Å². The highest BCUT2D eigenvalue weighted by Gasteiger charge is 2.08. The highest BCUT2D eigenvalue weighted by molar-refractivity contribution is 6.30. The predicted octanol–water partition coefficient (Wildman–Crippen LogP) is 1.57. The summed E-state index contributed by atoms with van der Waals surface area (Å²) in [5.41, 5.74) is 0.932. The van der Waals surface area contributed by atoms with Crippen molar-refractivity contribution in [2.24, 2.45) is 0 Å². The second kappa shape index (κ2) is 7.59. The standard InChI is InChI=1S/C13H20ClNO3/c1-9(2)15-6-10-5-11(14)3-4-13(10)18-8-12(17)7-16/h3-5,9,12,15-17H,6-8H2,1-2H3. The van der Waals surface area contributed by atoms with Crippen LogP contribution >= 0.6 is 11.6 Å². The first-order valence-corrected chi connectivity index (χ1v) is 6.34. The van der Waals surface area contributed by atoms with Crippen molar-refractivity contribution < 1.29 is 14.9 Å². The van der Waals surface area contributed by atoms with Gasteiger partial charge in [-0.05, 0) is 18.2 Å². The van der Waals surface area contributed by atoms with E-state index in [4.69, 9.17) is 21.4 Å². The van der Waals surface area contributed by atoms with Crippen molar-refractivity contribution >= 4 is 11.6 Å². The molecule has 0 amide bonds. The molecular weight excluding hydrogens is 254 g/mol. The van der Waals surface area contributed by atoms with E-state index < -0.39 is 6.10 Å².